The van der Waals surface area contributed by atoms with Crippen molar-refractivity contribution in [3.8, 4) is 0 Å². The molecule has 0 unspecified atom stereocenters. The Labute approximate surface area is 97.3 Å². The number of carbonyl (C=O) groups is 2. The lowest BCUT2D eigenvalue weighted by Crippen LogP contribution is -2.10. The summed E-state index contributed by atoms with van der Waals surface area (Å²) in [5, 5.41) is 0. The van der Waals surface area contributed by atoms with Gasteiger partial charge < -0.3 is 4.57 Å². The van der Waals surface area contributed by atoms with Gasteiger partial charge in [-0.1, -0.05) is 0 Å². The number of nitrogens with zero attached hydrogens (tertiary/aromatic N) is 4. The summed E-state index contributed by atoms with van der Waals surface area (Å²) in [6.07, 6.45) is 7.08. The van der Waals surface area contributed by atoms with Crippen LogP contribution in [0.5, 0.6) is 0 Å². The minimum Gasteiger partial charge on any atom is -0.340 e. The van der Waals surface area contributed by atoms with Crippen LogP contribution in [-0.4, -0.2) is 31.1 Å². The van der Waals surface area contributed by atoms with Crippen molar-refractivity contribution >= 4 is 11.6 Å². The molecule has 17 heavy (non-hydrogen) atoms. The molecule has 0 aliphatic carbocycles. The van der Waals surface area contributed by atoms with Crippen molar-refractivity contribution < 1.29 is 9.59 Å². The summed E-state index contributed by atoms with van der Waals surface area (Å²) in [4.78, 5) is 34.9. The van der Waals surface area contributed by atoms with Crippen LogP contribution in [-0.2, 0) is 7.05 Å². The highest BCUT2D eigenvalue weighted by Crippen LogP contribution is 2.04. The third kappa shape index (κ3) is 2.60. The summed E-state index contributed by atoms with van der Waals surface area (Å²) < 4.78 is 1.65. The number of carbonyl (C=O) groups excluding carboxylic acids is 2. The van der Waals surface area contributed by atoms with E-state index >= 15 is 0 Å². The van der Waals surface area contributed by atoms with Crippen LogP contribution < -0.4 is 0 Å². The highest BCUT2D eigenvalue weighted by atomic mass is 16.1. The number of imidazole rings is 1. The molecule has 2 aromatic heterocycles. The van der Waals surface area contributed by atoms with E-state index in [1.807, 2.05) is 0 Å². The van der Waals surface area contributed by atoms with Crippen LogP contribution in [0, 0.1) is 0 Å². The molecule has 0 amide bonds. The number of aryl methyl sites for hydroxylation is 1. The maximum absolute atomic E-state index is 11.7. The van der Waals surface area contributed by atoms with Crippen molar-refractivity contribution in [1.29, 1.82) is 0 Å². The Morgan fingerprint density at radius 1 is 1.18 bits per heavy atom. The molecule has 0 fully saturated rings. The molecule has 6 heteroatoms. The zero-order valence-electron chi connectivity index (χ0n) is 9.20. The molecule has 0 spiro atoms. The van der Waals surface area contributed by atoms with E-state index in [4.69, 9.17) is 0 Å². The number of hydrogen-bond donors (Lipinski definition) is 0. The van der Waals surface area contributed by atoms with Crippen molar-refractivity contribution in [2.45, 2.75) is 6.42 Å². The maximum atomic E-state index is 11.7. The van der Waals surface area contributed by atoms with Crippen LogP contribution in [0.2, 0.25) is 0 Å². The van der Waals surface area contributed by atoms with E-state index in [9.17, 15) is 9.59 Å². The predicted molar refractivity (Wildman–Crippen MR) is 58.5 cm³/mol. The molecular weight excluding hydrogens is 220 g/mol. The molecule has 0 aliphatic rings. The van der Waals surface area contributed by atoms with Gasteiger partial charge in [0.15, 0.2) is 11.6 Å². The van der Waals surface area contributed by atoms with Gasteiger partial charge in [0, 0.05) is 25.6 Å². The monoisotopic (exact) mass is 230 g/mol. The van der Waals surface area contributed by atoms with E-state index in [1.54, 1.807) is 17.8 Å². The van der Waals surface area contributed by atoms with Gasteiger partial charge in [-0.25, -0.2) is 9.97 Å². The average molecular weight is 230 g/mol. The molecule has 0 N–H and O–H groups in total. The minimum atomic E-state index is -0.353. The van der Waals surface area contributed by atoms with Gasteiger partial charge in [0.2, 0.25) is 0 Å². The Morgan fingerprint density at radius 3 is 2.53 bits per heavy atom. The SMILES string of the molecule is Cn1cnc(C(=O)CC(=O)c2cnccn2)c1. The Bertz CT molecular complexity index is 548. The van der Waals surface area contributed by atoms with Crippen molar-refractivity contribution in [3.05, 3.63) is 42.5 Å². The summed E-state index contributed by atoms with van der Waals surface area (Å²) >= 11 is 0. The third-order valence-electron chi connectivity index (χ3n) is 2.16. The molecule has 0 atom stereocenters. The Kier molecular flexibility index (Phi) is 3.04. The van der Waals surface area contributed by atoms with Crippen molar-refractivity contribution in [1.82, 2.24) is 19.5 Å². The summed E-state index contributed by atoms with van der Waals surface area (Å²) in [6.45, 7) is 0. The normalized spacial score (nSPS) is 10.2. The minimum absolute atomic E-state index is 0.191. The Hall–Kier alpha value is -2.37. The van der Waals surface area contributed by atoms with Gasteiger partial charge >= 0.3 is 0 Å². The van der Waals surface area contributed by atoms with Crippen LogP contribution >= 0.6 is 0 Å². The molecule has 0 saturated heterocycles. The zero-order valence-corrected chi connectivity index (χ0v) is 9.20. The highest BCUT2D eigenvalue weighted by Gasteiger charge is 2.16. The molecule has 2 rings (SSSR count). The van der Waals surface area contributed by atoms with Gasteiger partial charge in [0.05, 0.1) is 18.9 Å². The van der Waals surface area contributed by atoms with E-state index in [1.165, 1.54) is 24.9 Å². The van der Waals surface area contributed by atoms with Crippen LogP contribution in [0.15, 0.2) is 31.1 Å². The van der Waals surface area contributed by atoms with Crippen LogP contribution in [0.25, 0.3) is 0 Å². The second kappa shape index (κ2) is 4.65. The second-order valence-electron chi connectivity index (χ2n) is 3.54. The van der Waals surface area contributed by atoms with Gasteiger partial charge in [-0.3, -0.25) is 14.6 Å². The fourth-order valence-electron chi connectivity index (χ4n) is 1.33. The predicted octanol–water partition coefficient (Wildman–Crippen LogP) is 0.666. The van der Waals surface area contributed by atoms with E-state index in [0.717, 1.165) is 0 Å². The first-order valence-corrected chi connectivity index (χ1v) is 4.97. The van der Waals surface area contributed by atoms with E-state index in [0.29, 0.717) is 0 Å². The third-order valence-corrected chi connectivity index (χ3v) is 2.16. The molecule has 0 bridgehead atoms. The zero-order chi connectivity index (χ0) is 12.3. The number of rotatable bonds is 4. The molecule has 0 aromatic carbocycles. The van der Waals surface area contributed by atoms with E-state index < -0.39 is 0 Å². The smallest absolute Gasteiger partial charge is 0.190 e. The summed E-state index contributed by atoms with van der Waals surface area (Å²) in [6, 6.07) is 0. The first-order valence-electron chi connectivity index (χ1n) is 4.97. The topological polar surface area (TPSA) is 77.7 Å². The average Bonchev–Trinajstić information content (AvgIpc) is 2.77. The summed E-state index contributed by atoms with van der Waals surface area (Å²) in [5.41, 5.74) is 0.474. The standard InChI is InChI=1S/C11H10N4O2/c1-15-6-9(14-7-15)11(17)4-10(16)8-5-12-2-3-13-8/h2-3,5-7H,4H2,1H3. The molecule has 2 heterocycles. The van der Waals surface area contributed by atoms with Gasteiger partial charge in [-0.15, -0.1) is 0 Å². The van der Waals surface area contributed by atoms with Crippen LogP contribution in [0.3, 0.4) is 0 Å². The maximum Gasteiger partial charge on any atom is 0.190 e. The molecular formula is C11H10N4O2. The largest absolute Gasteiger partial charge is 0.340 e. The van der Waals surface area contributed by atoms with Crippen LogP contribution in [0.4, 0.5) is 0 Å². The van der Waals surface area contributed by atoms with Gasteiger partial charge in [0.25, 0.3) is 0 Å². The molecule has 86 valence electrons. The Balaban J connectivity index is 2.07. The highest BCUT2D eigenvalue weighted by molar-refractivity contribution is 6.11. The lowest BCUT2D eigenvalue weighted by Gasteiger charge is -1.97. The van der Waals surface area contributed by atoms with Crippen LogP contribution in [0.1, 0.15) is 27.4 Å². The number of Topliss-reactive ketones (excluding diaryl/α,β-unsaturated/α-hetero) is 2. The fourth-order valence-corrected chi connectivity index (χ4v) is 1.33. The van der Waals surface area contributed by atoms with Gasteiger partial charge in [-0.2, -0.15) is 0 Å². The first-order chi connectivity index (χ1) is 8.16. The van der Waals surface area contributed by atoms with Crippen molar-refractivity contribution in [3.63, 3.8) is 0 Å². The molecule has 0 radical (unpaired) electrons. The van der Waals surface area contributed by atoms with Crippen molar-refractivity contribution in [2.24, 2.45) is 7.05 Å². The van der Waals surface area contributed by atoms with Gasteiger partial charge in [-0.05, 0) is 0 Å². The lowest BCUT2D eigenvalue weighted by molar-refractivity contribution is 0.0888. The quantitative estimate of drug-likeness (QED) is 0.569. The second-order valence-corrected chi connectivity index (χ2v) is 3.54. The molecule has 0 saturated carbocycles. The fraction of sp³-hybridized carbons (Fsp3) is 0.182. The summed E-state index contributed by atoms with van der Waals surface area (Å²) in [7, 11) is 1.76. The van der Waals surface area contributed by atoms with Gasteiger partial charge in [0.1, 0.15) is 11.4 Å². The first kappa shape index (κ1) is 11.1. The number of aromatic nitrogens is 4. The lowest BCUT2D eigenvalue weighted by atomic mass is 10.1. The van der Waals surface area contributed by atoms with E-state index in [2.05, 4.69) is 15.0 Å². The van der Waals surface area contributed by atoms with Crippen molar-refractivity contribution in [2.75, 3.05) is 0 Å². The Morgan fingerprint density at radius 2 is 1.94 bits per heavy atom. The number of hydrogen-bond acceptors (Lipinski definition) is 5. The van der Waals surface area contributed by atoms with E-state index in [-0.39, 0.29) is 29.4 Å². The summed E-state index contributed by atoms with van der Waals surface area (Å²) in [5.74, 6) is -0.671. The molecule has 2 aromatic rings. The molecule has 6 nitrogen and oxygen atoms in total. The molecule has 0 aliphatic heterocycles. The number of ketones is 2.